The number of unbranched alkanes of at least 4 members (excludes halogenated alkanes) is 6. The van der Waals surface area contributed by atoms with Gasteiger partial charge in [-0.25, -0.2) is 4.79 Å². The summed E-state index contributed by atoms with van der Waals surface area (Å²) in [6.45, 7) is 4.50. The predicted molar refractivity (Wildman–Crippen MR) is 189 cm³/mol. The molecule has 10 heteroatoms. The van der Waals surface area contributed by atoms with Crippen molar-refractivity contribution < 1.29 is 46.5 Å². The molecule has 0 saturated heterocycles. The van der Waals surface area contributed by atoms with Crippen LogP contribution in [0.5, 0.6) is 11.5 Å². The average Bonchev–Trinajstić information content (AvgIpc) is 3.12. The summed E-state index contributed by atoms with van der Waals surface area (Å²) in [5.41, 5.74) is 3.60. The lowest BCUT2D eigenvalue weighted by molar-refractivity contribution is -0.206. The van der Waals surface area contributed by atoms with Crippen molar-refractivity contribution in [3.05, 3.63) is 83.4 Å². The second-order valence-corrected chi connectivity index (χ2v) is 13.0. The first kappa shape index (κ1) is 39.6. The number of esters is 3. The van der Waals surface area contributed by atoms with Crippen molar-refractivity contribution in [2.24, 2.45) is 5.92 Å². The first-order valence-corrected chi connectivity index (χ1v) is 18.2. The molecular formula is C41H49F3O7. The molecule has 51 heavy (non-hydrogen) atoms. The second-order valence-electron chi connectivity index (χ2n) is 13.0. The molecule has 1 aliphatic rings. The number of alkyl halides is 3. The first-order chi connectivity index (χ1) is 24.6. The van der Waals surface area contributed by atoms with Crippen molar-refractivity contribution in [1.29, 1.82) is 0 Å². The van der Waals surface area contributed by atoms with Crippen molar-refractivity contribution in [3.63, 3.8) is 0 Å². The van der Waals surface area contributed by atoms with Crippen molar-refractivity contribution in [2.75, 3.05) is 13.2 Å². The molecule has 0 heterocycles. The zero-order valence-electron chi connectivity index (χ0n) is 29.6. The topological polar surface area (TPSA) is 88.1 Å². The van der Waals surface area contributed by atoms with Crippen LogP contribution in [0.15, 0.2) is 66.7 Å². The summed E-state index contributed by atoms with van der Waals surface area (Å²) in [6.07, 6.45) is 3.05. The molecule has 276 valence electrons. The Hall–Kier alpha value is -4.18. The molecule has 0 N–H and O–H groups in total. The number of hydrogen-bond acceptors (Lipinski definition) is 7. The predicted octanol–water partition coefficient (Wildman–Crippen LogP) is 10.0. The highest BCUT2D eigenvalue weighted by molar-refractivity contribution is 5.90. The van der Waals surface area contributed by atoms with E-state index in [0.717, 1.165) is 41.5 Å². The smallest absolute Gasteiger partial charge is 0.425 e. The minimum atomic E-state index is -4.68. The van der Waals surface area contributed by atoms with E-state index >= 15 is 0 Å². The van der Waals surface area contributed by atoms with Gasteiger partial charge in [0.05, 0.1) is 11.5 Å². The normalized spacial score (nSPS) is 14.7. The van der Waals surface area contributed by atoms with Crippen molar-refractivity contribution in [1.82, 2.24) is 0 Å². The summed E-state index contributed by atoms with van der Waals surface area (Å²) >= 11 is 0. The molecular weight excluding hydrogens is 661 g/mol. The molecule has 0 aromatic heterocycles. The van der Waals surface area contributed by atoms with Crippen molar-refractivity contribution in [3.8, 4) is 22.6 Å². The van der Waals surface area contributed by atoms with Gasteiger partial charge < -0.3 is 18.9 Å². The Morgan fingerprint density at radius 3 is 2.08 bits per heavy atom. The van der Waals surface area contributed by atoms with E-state index in [2.05, 4.69) is 6.92 Å². The van der Waals surface area contributed by atoms with Gasteiger partial charge in [0.2, 0.25) is 0 Å². The van der Waals surface area contributed by atoms with E-state index in [-0.39, 0.29) is 42.9 Å². The number of carbonyl (C=O) groups excluding carboxylic acids is 3. The van der Waals surface area contributed by atoms with Crippen molar-refractivity contribution >= 4 is 17.9 Å². The van der Waals surface area contributed by atoms with Gasteiger partial charge >= 0.3 is 24.1 Å². The molecule has 4 rings (SSSR count). The zero-order chi connectivity index (χ0) is 36.6. The number of hydrogen-bond donors (Lipinski definition) is 0. The van der Waals surface area contributed by atoms with Gasteiger partial charge in [-0.1, -0.05) is 75.8 Å². The molecule has 3 aromatic carbocycles. The van der Waals surface area contributed by atoms with Gasteiger partial charge in [-0.2, -0.15) is 13.2 Å². The lowest BCUT2D eigenvalue weighted by Gasteiger charge is -2.23. The van der Waals surface area contributed by atoms with Crippen LogP contribution in [-0.2, 0) is 31.9 Å². The van der Waals surface area contributed by atoms with Crippen LogP contribution in [0.4, 0.5) is 13.2 Å². The van der Waals surface area contributed by atoms with Gasteiger partial charge in [0, 0.05) is 19.6 Å². The van der Waals surface area contributed by atoms with Crippen LogP contribution in [0.1, 0.15) is 106 Å². The van der Waals surface area contributed by atoms with Gasteiger partial charge in [0.15, 0.2) is 6.10 Å². The molecule has 2 atom stereocenters. The summed E-state index contributed by atoms with van der Waals surface area (Å²) in [7, 11) is 0. The number of fused-ring (bicyclic) bond motifs is 1. The molecule has 0 aliphatic heterocycles. The lowest BCUT2D eigenvalue weighted by Crippen LogP contribution is -2.34. The van der Waals surface area contributed by atoms with Crippen molar-refractivity contribution in [2.45, 2.75) is 110 Å². The maximum absolute atomic E-state index is 13.4. The van der Waals surface area contributed by atoms with E-state index < -0.39 is 18.2 Å². The highest BCUT2D eigenvalue weighted by Crippen LogP contribution is 2.31. The third-order valence-corrected chi connectivity index (χ3v) is 9.06. The average molecular weight is 711 g/mol. The Morgan fingerprint density at radius 2 is 1.41 bits per heavy atom. The van der Waals surface area contributed by atoms with Crippen LogP contribution in [0.2, 0.25) is 0 Å². The maximum Gasteiger partial charge on any atom is 0.425 e. The second kappa shape index (κ2) is 20.0. The standard InChI is InChI=1S/C41H49F3O7/c1-3-5-6-7-8-9-10-13-38(45)49-36-25-22-32-27-34(19-18-33(32)28-36)40(47)50-35-23-20-30(21-24-35)29-14-16-31(17-15-29)39(46)51-37(41(42,43)44)12-11-26-48-4-2/h14-17,20-25,28,34,37H,3-13,18-19,26-27H2,1-2H3. The summed E-state index contributed by atoms with van der Waals surface area (Å²) in [6, 6.07) is 18.6. The SMILES string of the molecule is CCCCCCCCCC(=O)Oc1ccc2c(c1)CCC(C(=O)Oc1ccc(-c3ccc(C(=O)OC(CCCOCC)C(F)(F)F)cc3)cc1)C2. The molecule has 0 saturated carbocycles. The van der Waals surface area contributed by atoms with Crippen LogP contribution in [0.3, 0.4) is 0 Å². The summed E-state index contributed by atoms with van der Waals surface area (Å²) in [5.74, 6) is -0.970. The molecule has 3 aromatic rings. The Balaban J connectivity index is 1.24. The molecule has 0 radical (unpaired) electrons. The monoisotopic (exact) mass is 710 g/mol. The largest absolute Gasteiger partial charge is 0.449 e. The Bertz CT molecular complexity index is 1550. The van der Waals surface area contributed by atoms with Crippen LogP contribution < -0.4 is 9.47 Å². The van der Waals surface area contributed by atoms with Gasteiger partial charge in [0.25, 0.3) is 0 Å². The minimum Gasteiger partial charge on any atom is -0.449 e. The number of halogens is 3. The van der Waals surface area contributed by atoms with Crippen LogP contribution in [0, 0.1) is 5.92 Å². The first-order valence-electron chi connectivity index (χ1n) is 18.2. The van der Waals surface area contributed by atoms with E-state index in [1.165, 1.54) is 37.8 Å². The number of rotatable bonds is 19. The number of aryl methyl sites for hydroxylation is 1. The maximum atomic E-state index is 13.4. The third kappa shape index (κ3) is 12.8. The quantitative estimate of drug-likeness (QED) is 0.0695. The van der Waals surface area contributed by atoms with Crippen LogP contribution in [-0.4, -0.2) is 43.4 Å². The molecule has 0 spiro atoms. The van der Waals surface area contributed by atoms with Gasteiger partial charge in [-0.3, -0.25) is 9.59 Å². The van der Waals surface area contributed by atoms with Crippen LogP contribution >= 0.6 is 0 Å². The Kier molecular flexibility index (Phi) is 15.5. The van der Waals surface area contributed by atoms with Gasteiger partial charge in [0.1, 0.15) is 11.5 Å². The minimum absolute atomic E-state index is 0.00783. The molecule has 7 nitrogen and oxygen atoms in total. The third-order valence-electron chi connectivity index (χ3n) is 9.06. The summed E-state index contributed by atoms with van der Waals surface area (Å²) in [5, 5.41) is 0. The highest BCUT2D eigenvalue weighted by atomic mass is 19.4. The summed E-state index contributed by atoms with van der Waals surface area (Å²) < 4.78 is 61.4. The number of benzene rings is 3. The van der Waals surface area contributed by atoms with E-state index in [4.69, 9.17) is 18.9 Å². The molecule has 2 unspecified atom stereocenters. The van der Waals surface area contributed by atoms with Gasteiger partial charge in [-0.05, 0) is 104 Å². The fourth-order valence-electron chi connectivity index (χ4n) is 6.12. The Morgan fingerprint density at radius 1 is 0.765 bits per heavy atom. The highest BCUT2D eigenvalue weighted by Gasteiger charge is 2.42. The fourth-order valence-corrected chi connectivity index (χ4v) is 6.12. The zero-order valence-corrected chi connectivity index (χ0v) is 29.6. The summed E-state index contributed by atoms with van der Waals surface area (Å²) in [4.78, 5) is 37.9. The van der Waals surface area contributed by atoms with E-state index in [1.807, 2.05) is 12.1 Å². The number of carbonyl (C=O) groups is 3. The van der Waals surface area contributed by atoms with E-state index in [0.29, 0.717) is 43.8 Å². The molecule has 0 amide bonds. The van der Waals surface area contributed by atoms with Gasteiger partial charge in [-0.15, -0.1) is 0 Å². The van der Waals surface area contributed by atoms with E-state index in [9.17, 15) is 27.6 Å². The number of ether oxygens (including phenoxy) is 4. The van der Waals surface area contributed by atoms with E-state index in [1.54, 1.807) is 49.4 Å². The molecule has 0 bridgehead atoms. The lowest BCUT2D eigenvalue weighted by atomic mass is 9.84. The fraction of sp³-hybridized carbons (Fsp3) is 0.488. The molecule has 1 aliphatic carbocycles. The molecule has 0 fully saturated rings. The van der Waals surface area contributed by atoms with Crippen LogP contribution in [0.25, 0.3) is 11.1 Å². The Labute approximate surface area is 298 Å².